The van der Waals surface area contributed by atoms with Crippen LogP contribution in [0.5, 0.6) is 0 Å². The Morgan fingerprint density at radius 2 is 1.73 bits per heavy atom. The number of piperazine rings is 1. The van der Waals surface area contributed by atoms with Gasteiger partial charge in [0.2, 0.25) is 5.91 Å². The Morgan fingerprint density at radius 3 is 2.27 bits per heavy atom. The lowest BCUT2D eigenvalue weighted by Gasteiger charge is -2.38. The highest BCUT2D eigenvalue weighted by molar-refractivity contribution is 5.82. The van der Waals surface area contributed by atoms with Crippen molar-refractivity contribution in [3.05, 3.63) is 30.1 Å². The second-order valence-corrected chi connectivity index (χ2v) is 7.55. The van der Waals surface area contributed by atoms with Crippen LogP contribution in [0.3, 0.4) is 0 Å². The normalized spacial score (nSPS) is 25.3. The number of carboxylic acid groups (broad SMARTS) is 1. The molecule has 6 nitrogen and oxygen atoms in total. The van der Waals surface area contributed by atoms with Crippen LogP contribution in [-0.4, -0.2) is 72.1 Å². The number of nitrogens with zero attached hydrogens (tertiary/aromatic N) is 3. The third-order valence-corrected chi connectivity index (χ3v) is 5.71. The van der Waals surface area contributed by atoms with Crippen molar-refractivity contribution in [2.75, 3.05) is 44.2 Å². The topological polar surface area (TPSA) is 64.1 Å². The van der Waals surface area contributed by atoms with Crippen molar-refractivity contribution in [1.29, 1.82) is 0 Å². The molecular weight excluding hydrogens is 337 g/mol. The summed E-state index contributed by atoms with van der Waals surface area (Å²) in [5, 5.41) is 9.36. The van der Waals surface area contributed by atoms with Gasteiger partial charge in [-0.05, 0) is 44.5 Å². The molecule has 2 heterocycles. The molecule has 2 fully saturated rings. The second-order valence-electron chi connectivity index (χ2n) is 7.55. The highest BCUT2D eigenvalue weighted by Gasteiger charge is 2.43. The van der Waals surface area contributed by atoms with Gasteiger partial charge in [-0.3, -0.25) is 14.5 Å². The van der Waals surface area contributed by atoms with Crippen molar-refractivity contribution < 1.29 is 19.1 Å². The molecule has 2 atom stereocenters. The van der Waals surface area contributed by atoms with E-state index in [2.05, 4.69) is 4.90 Å². The van der Waals surface area contributed by atoms with Crippen LogP contribution in [0, 0.1) is 11.2 Å². The van der Waals surface area contributed by atoms with Crippen LogP contribution >= 0.6 is 0 Å². The van der Waals surface area contributed by atoms with Crippen molar-refractivity contribution in [2.45, 2.75) is 26.3 Å². The van der Waals surface area contributed by atoms with Crippen molar-refractivity contribution in [1.82, 2.24) is 9.80 Å². The van der Waals surface area contributed by atoms with E-state index in [1.165, 1.54) is 12.1 Å². The zero-order chi connectivity index (χ0) is 18.9. The standard InChI is InChI=1S/C19H26FN3O3/c1-14(23-8-7-19(2,13-23)18(25)26)17(24)22-11-9-21(10-12-22)16-5-3-15(20)4-6-16/h3-6,14H,7-13H2,1-2H3,(H,25,26). The molecule has 0 aliphatic carbocycles. The van der Waals surface area contributed by atoms with Crippen LogP contribution in [-0.2, 0) is 9.59 Å². The number of likely N-dealkylation sites (tertiary alicyclic amines) is 1. The fraction of sp³-hybridized carbons (Fsp3) is 0.579. The van der Waals surface area contributed by atoms with Crippen molar-refractivity contribution in [3.8, 4) is 0 Å². The van der Waals surface area contributed by atoms with Gasteiger partial charge in [0.25, 0.3) is 0 Å². The largest absolute Gasteiger partial charge is 0.481 e. The quantitative estimate of drug-likeness (QED) is 0.881. The maximum atomic E-state index is 13.1. The molecule has 2 aliphatic rings. The van der Waals surface area contributed by atoms with Gasteiger partial charge >= 0.3 is 5.97 Å². The summed E-state index contributed by atoms with van der Waals surface area (Å²) in [4.78, 5) is 30.2. The van der Waals surface area contributed by atoms with E-state index in [4.69, 9.17) is 0 Å². The first-order valence-electron chi connectivity index (χ1n) is 9.07. The number of hydrogen-bond acceptors (Lipinski definition) is 4. The minimum atomic E-state index is -0.799. The molecule has 1 N–H and O–H groups in total. The summed E-state index contributed by atoms with van der Waals surface area (Å²) in [5.41, 5.74) is 0.193. The van der Waals surface area contributed by atoms with Gasteiger partial charge in [-0.2, -0.15) is 0 Å². The maximum Gasteiger partial charge on any atom is 0.310 e. The Balaban J connectivity index is 1.55. The van der Waals surface area contributed by atoms with Crippen LogP contribution < -0.4 is 4.90 Å². The lowest BCUT2D eigenvalue weighted by molar-refractivity contribution is -0.148. The summed E-state index contributed by atoms with van der Waals surface area (Å²) in [6.07, 6.45) is 0.568. The van der Waals surface area contributed by atoms with Crippen molar-refractivity contribution >= 4 is 17.6 Å². The third kappa shape index (κ3) is 3.67. The zero-order valence-corrected chi connectivity index (χ0v) is 15.3. The second kappa shape index (κ2) is 7.23. The fourth-order valence-electron chi connectivity index (χ4n) is 3.76. The van der Waals surface area contributed by atoms with E-state index in [9.17, 15) is 19.1 Å². The Hall–Kier alpha value is -2.15. The highest BCUT2D eigenvalue weighted by atomic mass is 19.1. The first-order valence-corrected chi connectivity index (χ1v) is 9.07. The number of aliphatic carboxylic acids is 1. The molecule has 1 amide bonds. The zero-order valence-electron chi connectivity index (χ0n) is 15.3. The lowest BCUT2D eigenvalue weighted by Crippen LogP contribution is -2.54. The molecule has 1 aromatic rings. The molecule has 2 unspecified atom stereocenters. The molecule has 7 heteroatoms. The molecule has 0 aromatic heterocycles. The molecular formula is C19H26FN3O3. The SMILES string of the molecule is CC(C(=O)N1CCN(c2ccc(F)cc2)CC1)N1CCC(C)(C(=O)O)C1. The van der Waals surface area contributed by atoms with Crippen LogP contribution in [0.15, 0.2) is 24.3 Å². The molecule has 1 aromatic carbocycles. The van der Waals surface area contributed by atoms with Crippen molar-refractivity contribution in [3.63, 3.8) is 0 Å². The predicted octanol–water partition coefficient (Wildman–Crippen LogP) is 1.66. The smallest absolute Gasteiger partial charge is 0.310 e. The molecule has 0 spiro atoms. The number of carboxylic acids is 1. The number of rotatable bonds is 4. The Kier molecular flexibility index (Phi) is 5.18. The summed E-state index contributed by atoms with van der Waals surface area (Å²) >= 11 is 0. The van der Waals surface area contributed by atoms with E-state index in [-0.39, 0.29) is 17.8 Å². The van der Waals surface area contributed by atoms with Gasteiger partial charge in [-0.25, -0.2) is 4.39 Å². The van der Waals surface area contributed by atoms with E-state index >= 15 is 0 Å². The monoisotopic (exact) mass is 363 g/mol. The van der Waals surface area contributed by atoms with E-state index in [0.29, 0.717) is 45.7 Å². The number of hydrogen-bond donors (Lipinski definition) is 1. The number of carbonyl (C=O) groups excluding carboxylic acids is 1. The number of halogens is 1. The predicted molar refractivity (Wildman–Crippen MR) is 96.6 cm³/mol. The van der Waals surface area contributed by atoms with Gasteiger partial charge in [0.1, 0.15) is 5.82 Å². The Morgan fingerprint density at radius 1 is 1.12 bits per heavy atom. The first kappa shape index (κ1) is 18.6. The molecule has 0 saturated carbocycles. The van der Waals surface area contributed by atoms with Crippen molar-refractivity contribution in [2.24, 2.45) is 5.41 Å². The molecule has 2 aliphatic heterocycles. The summed E-state index contributed by atoms with van der Waals surface area (Å²) in [5.74, 6) is -0.999. The summed E-state index contributed by atoms with van der Waals surface area (Å²) in [7, 11) is 0. The Bertz CT molecular complexity index is 673. The fourth-order valence-corrected chi connectivity index (χ4v) is 3.76. The number of amides is 1. The third-order valence-electron chi connectivity index (χ3n) is 5.71. The lowest BCUT2D eigenvalue weighted by atomic mass is 9.90. The number of anilines is 1. The molecule has 3 rings (SSSR count). The van der Waals surface area contributed by atoms with E-state index in [1.54, 1.807) is 19.1 Å². The van der Waals surface area contributed by atoms with Gasteiger partial charge < -0.3 is 14.9 Å². The molecule has 142 valence electrons. The maximum absolute atomic E-state index is 13.1. The van der Waals surface area contributed by atoms with Gasteiger partial charge in [0, 0.05) is 45.0 Å². The van der Waals surface area contributed by atoms with Crippen LogP contribution in [0.1, 0.15) is 20.3 Å². The molecule has 26 heavy (non-hydrogen) atoms. The minimum Gasteiger partial charge on any atom is -0.481 e. The minimum absolute atomic E-state index is 0.0541. The van der Waals surface area contributed by atoms with E-state index in [1.807, 2.05) is 16.7 Å². The number of carbonyl (C=O) groups is 2. The van der Waals surface area contributed by atoms with E-state index in [0.717, 1.165) is 5.69 Å². The average molecular weight is 363 g/mol. The number of benzene rings is 1. The van der Waals surface area contributed by atoms with Gasteiger partial charge in [0.15, 0.2) is 0 Å². The van der Waals surface area contributed by atoms with E-state index < -0.39 is 11.4 Å². The first-order chi connectivity index (χ1) is 12.3. The molecule has 2 saturated heterocycles. The van der Waals surface area contributed by atoms with Gasteiger partial charge in [0.05, 0.1) is 11.5 Å². The molecule has 0 radical (unpaired) electrons. The van der Waals surface area contributed by atoms with Gasteiger partial charge in [-0.15, -0.1) is 0 Å². The molecule has 0 bridgehead atoms. The summed E-state index contributed by atoms with van der Waals surface area (Å²) in [6, 6.07) is 6.09. The highest BCUT2D eigenvalue weighted by Crippen LogP contribution is 2.31. The summed E-state index contributed by atoms with van der Waals surface area (Å²) < 4.78 is 13.1. The van der Waals surface area contributed by atoms with Crippen LogP contribution in [0.25, 0.3) is 0 Å². The summed E-state index contributed by atoms with van der Waals surface area (Å²) in [6.45, 7) is 7.29. The van der Waals surface area contributed by atoms with Crippen LogP contribution in [0.4, 0.5) is 10.1 Å². The van der Waals surface area contributed by atoms with Crippen LogP contribution in [0.2, 0.25) is 0 Å². The van der Waals surface area contributed by atoms with Gasteiger partial charge in [-0.1, -0.05) is 0 Å². The average Bonchev–Trinajstić information content (AvgIpc) is 3.05. The Labute approximate surface area is 153 Å².